The maximum Gasteiger partial charge on any atom is 0.253 e. The number of hydrogen-bond acceptors (Lipinski definition) is 3. The minimum Gasteiger partial charge on any atom is -0.376 e. The molecule has 3 rings (SSSR count). The smallest absolute Gasteiger partial charge is 0.253 e. The predicted molar refractivity (Wildman–Crippen MR) is 98.5 cm³/mol. The summed E-state index contributed by atoms with van der Waals surface area (Å²) in [6, 6.07) is 13.6. The Morgan fingerprint density at radius 2 is 1.77 bits per heavy atom. The Labute approximate surface area is 152 Å². The van der Waals surface area contributed by atoms with Gasteiger partial charge >= 0.3 is 0 Å². The molecular formula is C20H22FN3O2. The summed E-state index contributed by atoms with van der Waals surface area (Å²) in [5.74, 6) is -0.553. The average Bonchev–Trinajstić information content (AvgIpc) is 3.46. The fourth-order valence-corrected chi connectivity index (χ4v) is 2.56. The lowest BCUT2D eigenvalue weighted by Crippen LogP contribution is -2.32. The molecule has 6 heteroatoms. The predicted octanol–water partition coefficient (Wildman–Crippen LogP) is 2.49. The van der Waals surface area contributed by atoms with Crippen LogP contribution in [0, 0.1) is 5.82 Å². The molecule has 0 heterocycles. The summed E-state index contributed by atoms with van der Waals surface area (Å²) < 4.78 is 12.9. The average molecular weight is 355 g/mol. The summed E-state index contributed by atoms with van der Waals surface area (Å²) in [4.78, 5) is 24.2. The standard InChI is InChI=1S/C20H22FN3O2/c21-15-7-5-14(6-8-15)11-12-22-19(25)13-23-18-4-2-1-3-17(18)20(26)24-16-9-10-16/h1-8,16,23H,9-13H2,(H,22,25)(H,24,26). The topological polar surface area (TPSA) is 70.2 Å². The molecule has 0 aromatic heterocycles. The summed E-state index contributed by atoms with van der Waals surface area (Å²) in [6.45, 7) is 0.549. The fourth-order valence-electron chi connectivity index (χ4n) is 2.56. The van der Waals surface area contributed by atoms with Crippen molar-refractivity contribution in [1.29, 1.82) is 0 Å². The first-order chi connectivity index (χ1) is 12.6. The molecule has 2 aromatic rings. The summed E-state index contributed by atoms with van der Waals surface area (Å²) in [5, 5.41) is 8.78. The van der Waals surface area contributed by atoms with E-state index in [0.29, 0.717) is 24.2 Å². The molecule has 2 aromatic carbocycles. The van der Waals surface area contributed by atoms with Crippen LogP contribution in [-0.4, -0.2) is 30.9 Å². The van der Waals surface area contributed by atoms with Crippen LogP contribution in [0.4, 0.5) is 10.1 Å². The van der Waals surface area contributed by atoms with Crippen LogP contribution in [0.5, 0.6) is 0 Å². The van der Waals surface area contributed by atoms with Gasteiger partial charge in [0.25, 0.3) is 5.91 Å². The van der Waals surface area contributed by atoms with E-state index in [1.807, 2.05) is 6.07 Å². The lowest BCUT2D eigenvalue weighted by Gasteiger charge is -2.12. The third kappa shape index (κ3) is 5.31. The number of nitrogens with one attached hydrogen (secondary N) is 3. The lowest BCUT2D eigenvalue weighted by atomic mass is 10.1. The van der Waals surface area contributed by atoms with E-state index in [-0.39, 0.29) is 30.2 Å². The second-order valence-corrected chi connectivity index (χ2v) is 6.37. The minimum absolute atomic E-state index is 0.0805. The summed E-state index contributed by atoms with van der Waals surface area (Å²) in [7, 11) is 0. The number of carbonyl (C=O) groups excluding carboxylic acids is 2. The number of hydrogen-bond donors (Lipinski definition) is 3. The Hall–Kier alpha value is -2.89. The van der Waals surface area contributed by atoms with Crippen molar-refractivity contribution in [2.45, 2.75) is 25.3 Å². The van der Waals surface area contributed by atoms with E-state index in [4.69, 9.17) is 0 Å². The maximum atomic E-state index is 12.9. The van der Waals surface area contributed by atoms with E-state index < -0.39 is 0 Å². The number of anilines is 1. The molecule has 0 atom stereocenters. The molecular weight excluding hydrogens is 333 g/mol. The van der Waals surface area contributed by atoms with Crippen LogP contribution in [0.1, 0.15) is 28.8 Å². The van der Waals surface area contributed by atoms with Crippen molar-refractivity contribution in [2.24, 2.45) is 0 Å². The molecule has 3 N–H and O–H groups in total. The van der Waals surface area contributed by atoms with Gasteiger partial charge in [-0.05, 0) is 49.1 Å². The van der Waals surface area contributed by atoms with Crippen molar-refractivity contribution in [1.82, 2.24) is 10.6 Å². The fraction of sp³-hybridized carbons (Fsp3) is 0.300. The van der Waals surface area contributed by atoms with E-state index in [9.17, 15) is 14.0 Å². The normalized spacial score (nSPS) is 13.1. The van der Waals surface area contributed by atoms with Crippen LogP contribution < -0.4 is 16.0 Å². The second kappa shape index (κ2) is 8.47. The molecule has 0 aliphatic heterocycles. The molecule has 1 saturated carbocycles. The van der Waals surface area contributed by atoms with E-state index in [1.54, 1.807) is 30.3 Å². The zero-order chi connectivity index (χ0) is 18.4. The van der Waals surface area contributed by atoms with Crippen LogP contribution in [0.15, 0.2) is 48.5 Å². The first-order valence-electron chi connectivity index (χ1n) is 8.77. The van der Waals surface area contributed by atoms with Crippen LogP contribution in [0.3, 0.4) is 0 Å². The minimum atomic E-state index is -0.272. The molecule has 0 bridgehead atoms. The first-order valence-corrected chi connectivity index (χ1v) is 8.77. The molecule has 0 saturated heterocycles. The lowest BCUT2D eigenvalue weighted by molar-refractivity contribution is -0.119. The molecule has 5 nitrogen and oxygen atoms in total. The largest absolute Gasteiger partial charge is 0.376 e. The Morgan fingerprint density at radius 1 is 1.04 bits per heavy atom. The SMILES string of the molecule is O=C(CNc1ccccc1C(=O)NC1CC1)NCCc1ccc(F)cc1. The highest BCUT2D eigenvalue weighted by atomic mass is 19.1. The zero-order valence-electron chi connectivity index (χ0n) is 14.4. The van der Waals surface area contributed by atoms with Gasteiger partial charge in [0.15, 0.2) is 0 Å². The van der Waals surface area contributed by atoms with Crippen LogP contribution in [-0.2, 0) is 11.2 Å². The van der Waals surface area contributed by atoms with Gasteiger partial charge in [0.1, 0.15) is 5.82 Å². The van der Waals surface area contributed by atoms with Gasteiger partial charge in [-0.15, -0.1) is 0 Å². The zero-order valence-corrected chi connectivity index (χ0v) is 14.4. The van der Waals surface area contributed by atoms with E-state index in [2.05, 4.69) is 16.0 Å². The monoisotopic (exact) mass is 355 g/mol. The summed E-state index contributed by atoms with van der Waals surface area (Å²) in [6.07, 6.45) is 2.68. The Balaban J connectivity index is 1.45. The number of halogens is 1. The number of para-hydroxylation sites is 1. The molecule has 1 fully saturated rings. The highest BCUT2D eigenvalue weighted by Crippen LogP contribution is 2.21. The second-order valence-electron chi connectivity index (χ2n) is 6.37. The quantitative estimate of drug-likeness (QED) is 0.681. The van der Waals surface area contributed by atoms with E-state index in [0.717, 1.165) is 18.4 Å². The number of carbonyl (C=O) groups is 2. The highest BCUT2D eigenvalue weighted by Gasteiger charge is 2.24. The van der Waals surface area contributed by atoms with Gasteiger partial charge in [-0.25, -0.2) is 4.39 Å². The van der Waals surface area contributed by atoms with Crippen LogP contribution >= 0.6 is 0 Å². The molecule has 1 aliphatic carbocycles. The van der Waals surface area contributed by atoms with Gasteiger partial charge in [0.2, 0.25) is 5.91 Å². The van der Waals surface area contributed by atoms with Gasteiger partial charge in [-0.3, -0.25) is 9.59 Å². The van der Waals surface area contributed by atoms with Crippen LogP contribution in [0.2, 0.25) is 0 Å². The van der Waals surface area contributed by atoms with Crippen molar-refractivity contribution >= 4 is 17.5 Å². The van der Waals surface area contributed by atoms with Crippen molar-refractivity contribution < 1.29 is 14.0 Å². The van der Waals surface area contributed by atoms with Crippen molar-refractivity contribution in [3.63, 3.8) is 0 Å². The van der Waals surface area contributed by atoms with Crippen LogP contribution in [0.25, 0.3) is 0 Å². The third-order valence-corrected chi connectivity index (χ3v) is 4.17. The number of amides is 2. The summed E-state index contributed by atoms with van der Waals surface area (Å²) in [5.41, 5.74) is 2.14. The van der Waals surface area contributed by atoms with Gasteiger partial charge in [0, 0.05) is 18.3 Å². The Kier molecular flexibility index (Phi) is 5.84. The van der Waals surface area contributed by atoms with Gasteiger partial charge in [0.05, 0.1) is 12.1 Å². The Morgan fingerprint density at radius 3 is 2.50 bits per heavy atom. The van der Waals surface area contributed by atoms with E-state index >= 15 is 0 Å². The number of rotatable bonds is 8. The van der Waals surface area contributed by atoms with Gasteiger partial charge < -0.3 is 16.0 Å². The first kappa shape index (κ1) is 17.9. The molecule has 0 unspecified atom stereocenters. The third-order valence-electron chi connectivity index (χ3n) is 4.17. The maximum absolute atomic E-state index is 12.9. The molecule has 136 valence electrons. The van der Waals surface area contributed by atoms with Gasteiger partial charge in [-0.1, -0.05) is 24.3 Å². The Bertz CT molecular complexity index is 773. The molecule has 26 heavy (non-hydrogen) atoms. The van der Waals surface area contributed by atoms with Gasteiger partial charge in [-0.2, -0.15) is 0 Å². The molecule has 0 radical (unpaired) electrons. The molecule has 0 spiro atoms. The van der Waals surface area contributed by atoms with Crippen molar-refractivity contribution in [3.05, 3.63) is 65.5 Å². The number of benzene rings is 2. The molecule has 1 aliphatic rings. The highest BCUT2D eigenvalue weighted by molar-refractivity contribution is 6.00. The van der Waals surface area contributed by atoms with Crippen molar-refractivity contribution in [2.75, 3.05) is 18.4 Å². The van der Waals surface area contributed by atoms with Crippen molar-refractivity contribution in [3.8, 4) is 0 Å². The molecule has 2 amide bonds. The summed E-state index contributed by atoms with van der Waals surface area (Å²) >= 11 is 0. The van der Waals surface area contributed by atoms with E-state index in [1.165, 1.54) is 12.1 Å².